The zero-order valence-corrected chi connectivity index (χ0v) is 13.5. The molecule has 0 heterocycles. The van der Waals surface area contributed by atoms with Crippen LogP contribution < -0.4 is 21.7 Å². The minimum atomic E-state index is -1.30. The van der Waals surface area contributed by atoms with Gasteiger partial charge in [0.15, 0.2) is 0 Å². The average molecular weight is 362 g/mol. The Hall–Kier alpha value is -2.73. The lowest BCUT2D eigenvalue weighted by atomic mass is 10.1. The molecule has 12 nitrogen and oxygen atoms in total. The summed E-state index contributed by atoms with van der Waals surface area (Å²) in [4.78, 5) is 56.5. The monoisotopic (exact) mass is 362 g/mol. The Morgan fingerprint density at radius 3 is 2.04 bits per heavy atom. The van der Waals surface area contributed by atoms with Gasteiger partial charge in [0.05, 0.1) is 6.61 Å². The van der Waals surface area contributed by atoms with E-state index in [0.717, 1.165) is 0 Å². The molecule has 0 aliphatic carbocycles. The van der Waals surface area contributed by atoms with Crippen molar-refractivity contribution in [1.82, 2.24) is 16.0 Å². The molecular formula is C13H22N4O8. The second-order valence-electron chi connectivity index (χ2n) is 5.12. The maximum atomic E-state index is 12.1. The van der Waals surface area contributed by atoms with Gasteiger partial charge in [-0.05, 0) is 13.3 Å². The fourth-order valence-electron chi connectivity index (χ4n) is 1.59. The maximum absolute atomic E-state index is 12.1. The van der Waals surface area contributed by atoms with Gasteiger partial charge in [-0.1, -0.05) is 0 Å². The van der Waals surface area contributed by atoms with Gasteiger partial charge in [-0.2, -0.15) is 0 Å². The van der Waals surface area contributed by atoms with Crippen LogP contribution in [0, 0.1) is 0 Å². The number of aliphatic hydroxyl groups excluding tert-OH is 1. The van der Waals surface area contributed by atoms with Crippen molar-refractivity contribution in [3.63, 3.8) is 0 Å². The molecule has 0 radical (unpaired) electrons. The third-order valence-corrected chi connectivity index (χ3v) is 2.98. The zero-order valence-electron chi connectivity index (χ0n) is 13.5. The first-order chi connectivity index (χ1) is 11.6. The molecule has 3 amide bonds. The van der Waals surface area contributed by atoms with Crippen molar-refractivity contribution >= 4 is 29.7 Å². The van der Waals surface area contributed by atoms with Crippen LogP contribution in [0.4, 0.5) is 0 Å². The van der Waals surface area contributed by atoms with Gasteiger partial charge >= 0.3 is 11.9 Å². The number of carboxylic acids is 2. The SMILES string of the molecule is CC(NC(=O)C(CCC(=O)O)NC(=O)C(N)CO)C(=O)NCC(=O)O. The molecule has 0 saturated carbocycles. The Morgan fingerprint density at radius 2 is 1.56 bits per heavy atom. The molecule has 8 N–H and O–H groups in total. The molecule has 0 saturated heterocycles. The van der Waals surface area contributed by atoms with Crippen LogP contribution >= 0.6 is 0 Å². The summed E-state index contributed by atoms with van der Waals surface area (Å²) in [5.41, 5.74) is 5.31. The lowest BCUT2D eigenvalue weighted by Gasteiger charge is -2.21. The molecular weight excluding hydrogens is 340 g/mol. The van der Waals surface area contributed by atoms with Crippen LogP contribution in [-0.2, 0) is 24.0 Å². The number of carboxylic acid groups (broad SMARTS) is 2. The van der Waals surface area contributed by atoms with Crippen molar-refractivity contribution in [2.24, 2.45) is 5.73 Å². The van der Waals surface area contributed by atoms with E-state index in [1.165, 1.54) is 6.92 Å². The fraction of sp³-hybridized carbons (Fsp3) is 0.615. The van der Waals surface area contributed by atoms with E-state index in [0.29, 0.717) is 0 Å². The Balaban J connectivity index is 4.83. The Labute approximate surface area is 142 Å². The number of hydrogen-bond acceptors (Lipinski definition) is 7. The molecule has 3 unspecified atom stereocenters. The summed E-state index contributed by atoms with van der Waals surface area (Å²) in [6.45, 7) is -0.0265. The number of hydrogen-bond donors (Lipinski definition) is 7. The van der Waals surface area contributed by atoms with Crippen LogP contribution in [0.25, 0.3) is 0 Å². The van der Waals surface area contributed by atoms with Crippen LogP contribution in [0.3, 0.4) is 0 Å². The molecule has 0 fully saturated rings. The summed E-state index contributed by atoms with van der Waals surface area (Å²) in [5, 5.41) is 32.5. The Bertz CT molecular complexity index is 524. The predicted molar refractivity (Wildman–Crippen MR) is 82.1 cm³/mol. The third-order valence-electron chi connectivity index (χ3n) is 2.98. The lowest BCUT2D eigenvalue weighted by molar-refractivity contribution is -0.138. The highest BCUT2D eigenvalue weighted by molar-refractivity contribution is 5.93. The molecule has 0 aromatic carbocycles. The number of carbonyl (C=O) groups is 5. The van der Waals surface area contributed by atoms with Crippen LogP contribution in [0.15, 0.2) is 0 Å². The van der Waals surface area contributed by atoms with Gasteiger partial charge in [0, 0.05) is 6.42 Å². The van der Waals surface area contributed by atoms with Gasteiger partial charge in [-0.25, -0.2) is 0 Å². The summed E-state index contributed by atoms with van der Waals surface area (Å²) in [7, 11) is 0. The van der Waals surface area contributed by atoms with Crippen molar-refractivity contribution in [2.75, 3.05) is 13.2 Å². The highest BCUT2D eigenvalue weighted by atomic mass is 16.4. The molecule has 0 aliphatic heterocycles. The first-order valence-electron chi connectivity index (χ1n) is 7.27. The lowest BCUT2D eigenvalue weighted by Crippen LogP contribution is -2.55. The molecule has 0 bridgehead atoms. The zero-order chi connectivity index (χ0) is 19.6. The van der Waals surface area contributed by atoms with E-state index in [4.69, 9.17) is 21.1 Å². The summed E-state index contributed by atoms with van der Waals surface area (Å²) in [6.07, 6.45) is -0.707. The van der Waals surface area contributed by atoms with Gasteiger partial charge in [-0.15, -0.1) is 0 Å². The largest absolute Gasteiger partial charge is 0.481 e. The van der Waals surface area contributed by atoms with E-state index >= 15 is 0 Å². The van der Waals surface area contributed by atoms with E-state index in [1.807, 2.05) is 0 Å². The second-order valence-corrected chi connectivity index (χ2v) is 5.12. The van der Waals surface area contributed by atoms with Gasteiger partial charge < -0.3 is 37.0 Å². The van der Waals surface area contributed by atoms with Gasteiger partial charge in [0.25, 0.3) is 0 Å². The molecule has 25 heavy (non-hydrogen) atoms. The molecule has 142 valence electrons. The first-order valence-corrected chi connectivity index (χ1v) is 7.27. The van der Waals surface area contributed by atoms with E-state index in [9.17, 15) is 24.0 Å². The number of amides is 3. The number of nitrogens with one attached hydrogen (secondary N) is 3. The highest BCUT2D eigenvalue weighted by Crippen LogP contribution is 2.00. The highest BCUT2D eigenvalue weighted by Gasteiger charge is 2.26. The number of rotatable bonds is 11. The summed E-state index contributed by atoms with van der Waals surface area (Å²) in [5.74, 6) is -4.96. The normalized spacial score (nSPS) is 13.9. The van der Waals surface area contributed by atoms with E-state index in [2.05, 4.69) is 16.0 Å². The smallest absolute Gasteiger partial charge is 0.322 e. The molecule has 3 atom stereocenters. The third kappa shape index (κ3) is 9.22. The molecule has 0 aromatic rings. The van der Waals surface area contributed by atoms with Crippen molar-refractivity contribution in [3.05, 3.63) is 0 Å². The number of aliphatic carboxylic acids is 2. The maximum Gasteiger partial charge on any atom is 0.322 e. The molecule has 0 spiro atoms. The van der Waals surface area contributed by atoms with Crippen LogP contribution in [0.5, 0.6) is 0 Å². The van der Waals surface area contributed by atoms with Crippen molar-refractivity contribution < 1.29 is 39.3 Å². The van der Waals surface area contributed by atoms with Gasteiger partial charge in [-0.3, -0.25) is 24.0 Å². The molecule has 0 aromatic heterocycles. The number of aliphatic hydroxyl groups is 1. The number of carbonyl (C=O) groups excluding carboxylic acids is 3. The minimum absolute atomic E-state index is 0.269. The molecule has 0 aliphatic rings. The minimum Gasteiger partial charge on any atom is -0.481 e. The summed E-state index contributed by atoms with van der Waals surface area (Å²) in [6, 6.07) is -3.71. The predicted octanol–water partition coefficient (Wildman–Crippen LogP) is -3.64. The van der Waals surface area contributed by atoms with Gasteiger partial charge in [0.1, 0.15) is 24.7 Å². The van der Waals surface area contributed by atoms with Crippen molar-refractivity contribution in [1.29, 1.82) is 0 Å². The summed E-state index contributed by atoms with van der Waals surface area (Å²) < 4.78 is 0. The quantitative estimate of drug-likeness (QED) is 0.193. The van der Waals surface area contributed by atoms with Crippen molar-refractivity contribution in [3.8, 4) is 0 Å². The van der Waals surface area contributed by atoms with Crippen LogP contribution in [-0.4, -0.2) is 76.3 Å². The van der Waals surface area contributed by atoms with Crippen molar-refractivity contribution in [2.45, 2.75) is 37.9 Å². The standard InChI is InChI=1S/C13H22N4O8/c1-6(11(23)15-4-10(21)22)16-13(25)8(2-3-9(19)20)17-12(24)7(14)5-18/h6-8,18H,2-5,14H2,1H3,(H,15,23)(H,16,25)(H,17,24)(H,19,20)(H,21,22). The van der Waals surface area contributed by atoms with Gasteiger partial charge in [0.2, 0.25) is 17.7 Å². The van der Waals surface area contributed by atoms with Crippen LogP contribution in [0.2, 0.25) is 0 Å². The molecule has 12 heteroatoms. The number of nitrogens with two attached hydrogens (primary N) is 1. The second kappa shape index (κ2) is 10.9. The van der Waals surface area contributed by atoms with Crippen LogP contribution in [0.1, 0.15) is 19.8 Å². The van der Waals surface area contributed by atoms with E-state index in [-0.39, 0.29) is 6.42 Å². The molecule has 0 rings (SSSR count). The first kappa shape index (κ1) is 22.3. The van der Waals surface area contributed by atoms with E-state index < -0.39 is 67.4 Å². The Morgan fingerprint density at radius 1 is 0.960 bits per heavy atom. The topological polar surface area (TPSA) is 208 Å². The van der Waals surface area contributed by atoms with E-state index in [1.54, 1.807) is 0 Å². The summed E-state index contributed by atoms with van der Waals surface area (Å²) >= 11 is 0. The fourth-order valence-corrected chi connectivity index (χ4v) is 1.59. The average Bonchev–Trinajstić information content (AvgIpc) is 2.54. The Kier molecular flexibility index (Phi) is 9.74.